The van der Waals surface area contributed by atoms with Crippen LogP contribution in [-0.2, 0) is 21.2 Å². The summed E-state index contributed by atoms with van der Waals surface area (Å²) in [6.45, 7) is 5.65. The lowest BCUT2D eigenvalue weighted by molar-refractivity contribution is -0.384. The monoisotopic (exact) mass is 617 g/mol. The molecule has 1 aromatic heterocycles. The summed E-state index contributed by atoms with van der Waals surface area (Å²) in [5.74, 6) is 0. The van der Waals surface area contributed by atoms with Crippen LogP contribution in [0.25, 0.3) is 11.3 Å². The van der Waals surface area contributed by atoms with Crippen molar-refractivity contribution >= 4 is 38.4 Å². The van der Waals surface area contributed by atoms with Gasteiger partial charge in [-0.1, -0.05) is 11.6 Å². The number of aryl methyl sites for hydroxylation is 2. The highest BCUT2D eigenvalue weighted by molar-refractivity contribution is 7.89. The molecule has 0 spiro atoms. The number of thiazole rings is 1. The minimum atomic E-state index is -3.62. The van der Waals surface area contributed by atoms with E-state index in [1.165, 1.54) is 44.5 Å². The maximum Gasteiger partial charge on any atom is 0.269 e. The predicted molar refractivity (Wildman–Crippen MR) is 166 cm³/mol. The largest absolute Gasteiger partial charge is 0.379 e. The topological polar surface area (TPSA) is 119 Å². The van der Waals surface area contributed by atoms with Gasteiger partial charge in [0.2, 0.25) is 14.8 Å². The first-order valence-electron chi connectivity index (χ1n) is 14.1. The molecule has 0 atom stereocenters. The smallest absolute Gasteiger partial charge is 0.269 e. The lowest BCUT2D eigenvalue weighted by atomic mass is 9.86. The minimum absolute atomic E-state index is 0.0148. The van der Waals surface area contributed by atoms with Crippen LogP contribution in [0.2, 0.25) is 0 Å². The Bertz CT molecular complexity index is 1890. The van der Waals surface area contributed by atoms with Crippen molar-refractivity contribution in [2.75, 3.05) is 26.3 Å². The van der Waals surface area contributed by atoms with Crippen LogP contribution < -0.4 is 4.80 Å². The second-order valence-electron chi connectivity index (χ2n) is 10.6. The summed E-state index contributed by atoms with van der Waals surface area (Å²) in [6, 6.07) is 17.3. The Morgan fingerprint density at radius 3 is 2.40 bits per heavy atom. The quantitative estimate of drug-likeness (QED) is 0.207. The predicted octanol–water partition coefficient (Wildman–Crippen LogP) is 5.58. The molecular formula is C31H31N5O5S2. The number of benzene rings is 3. The van der Waals surface area contributed by atoms with Gasteiger partial charge in [-0.2, -0.15) is 9.41 Å². The van der Waals surface area contributed by atoms with Gasteiger partial charge in [0.1, 0.15) is 0 Å². The second kappa shape index (κ2) is 12.0. The van der Waals surface area contributed by atoms with Gasteiger partial charge >= 0.3 is 0 Å². The number of nitro groups is 1. The van der Waals surface area contributed by atoms with Crippen molar-refractivity contribution < 1.29 is 18.1 Å². The molecule has 222 valence electrons. The van der Waals surface area contributed by atoms with E-state index in [-0.39, 0.29) is 10.6 Å². The molecule has 2 aliphatic rings. The standard InChI is InChI=1S/C31H31N5O5S2/c1-21-18-22(2)27-4-3-5-29(28(27)19-21)33-35-30(23-6-10-25(11-7-23)36(37)38)20-42-31(35)32-24-8-12-26(13-9-24)43(39,40)34-14-16-41-17-15-34/h6-13,18-20H,3-5,14-17H2,1-2H3. The van der Waals surface area contributed by atoms with Gasteiger partial charge in [0, 0.05) is 41.7 Å². The molecule has 6 rings (SSSR count). The van der Waals surface area contributed by atoms with Crippen molar-refractivity contribution in [3.05, 3.63) is 103 Å². The highest BCUT2D eigenvalue weighted by atomic mass is 32.2. The Morgan fingerprint density at radius 1 is 0.977 bits per heavy atom. The molecule has 3 aromatic carbocycles. The Labute approximate surface area is 253 Å². The number of morpholine rings is 1. The minimum Gasteiger partial charge on any atom is -0.379 e. The first-order valence-corrected chi connectivity index (χ1v) is 16.4. The summed E-state index contributed by atoms with van der Waals surface area (Å²) >= 11 is 1.40. The average molecular weight is 618 g/mol. The molecule has 43 heavy (non-hydrogen) atoms. The van der Waals surface area contributed by atoms with E-state index in [1.54, 1.807) is 41.1 Å². The Morgan fingerprint density at radius 2 is 1.70 bits per heavy atom. The highest BCUT2D eigenvalue weighted by Crippen LogP contribution is 2.29. The number of sulfonamides is 1. The van der Waals surface area contributed by atoms with Crippen molar-refractivity contribution in [1.82, 2.24) is 8.98 Å². The van der Waals surface area contributed by atoms with E-state index in [1.807, 2.05) is 5.38 Å². The van der Waals surface area contributed by atoms with E-state index in [4.69, 9.17) is 14.8 Å². The van der Waals surface area contributed by atoms with Crippen molar-refractivity contribution in [2.45, 2.75) is 38.0 Å². The fourth-order valence-electron chi connectivity index (χ4n) is 5.54. The summed E-state index contributed by atoms with van der Waals surface area (Å²) in [4.78, 5) is 16.5. The SMILES string of the molecule is Cc1cc(C)c2c(c1)C(=Nn1c(-c3ccc([N+](=O)[O-])cc3)csc1=Nc1ccc(S(=O)(=O)N3CCOCC3)cc1)CCC2. The fraction of sp³-hybridized carbons (Fsp3) is 0.290. The number of fused-ring (bicyclic) bond motifs is 1. The summed E-state index contributed by atoms with van der Waals surface area (Å²) in [6.07, 6.45) is 2.80. The van der Waals surface area contributed by atoms with Crippen LogP contribution in [0.5, 0.6) is 0 Å². The van der Waals surface area contributed by atoms with Crippen LogP contribution in [0.3, 0.4) is 0 Å². The highest BCUT2D eigenvalue weighted by Gasteiger charge is 2.26. The van der Waals surface area contributed by atoms with Crippen molar-refractivity contribution in [2.24, 2.45) is 10.1 Å². The zero-order valence-corrected chi connectivity index (χ0v) is 25.5. The number of hydrogen-bond acceptors (Lipinski definition) is 8. The number of non-ortho nitro benzene ring substituents is 1. The van der Waals surface area contributed by atoms with Gasteiger partial charge in [-0.25, -0.2) is 18.1 Å². The first kappa shape index (κ1) is 29.1. The van der Waals surface area contributed by atoms with Gasteiger partial charge in [-0.15, -0.1) is 11.3 Å². The molecule has 0 bridgehead atoms. The van der Waals surface area contributed by atoms with Crippen LogP contribution in [0.1, 0.15) is 35.1 Å². The van der Waals surface area contributed by atoms with E-state index in [2.05, 4.69) is 26.0 Å². The molecule has 0 amide bonds. The average Bonchev–Trinajstić information content (AvgIpc) is 3.40. The molecule has 1 aliphatic heterocycles. The van der Waals surface area contributed by atoms with Gasteiger partial charge in [0.25, 0.3) is 5.69 Å². The van der Waals surface area contributed by atoms with E-state index in [0.717, 1.165) is 41.8 Å². The van der Waals surface area contributed by atoms with Gasteiger partial charge in [-0.3, -0.25) is 10.1 Å². The van der Waals surface area contributed by atoms with Crippen molar-refractivity contribution in [3.8, 4) is 11.3 Å². The van der Waals surface area contributed by atoms with Crippen LogP contribution in [0.4, 0.5) is 11.4 Å². The number of hydrogen-bond donors (Lipinski definition) is 0. The van der Waals surface area contributed by atoms with Crippen LogP contribution in [-0.4, -0.2) is 54.3 Å². The molecule has 0 radical (unpaired) electrons. The molecule has 0 saturated carbocycles. The van der Waals surface area contributed by atoms with Crippen LogP contribution in [0, 0.1) is 24.0 Å². The van der Waals surface area contributed by atoms with E-state index < -0.39 is 14.9 Å². The van der Waals surface area contributed by atoms with Gasteiger partial charge < -0.3 is 4.74 Å². The van der Waals surface area contributed by atoms with Gasteiger partial charge in [0.15, 0.2) is 0 Å². The number of ether oxygens (including phenoxy) is 1. The molecule has 4 aromatic rings. The van der Waals surface area contributed by atoms with E-state index >= 15 is 0 Å². The molecular weight excluding hydrogens is 587 g/mol. The summed E-state index contributed by atoms with van der Waals surface area (Å²) in [5.41, 5.74) is 7.97. The fourth-order valence-corrected chi connectivity index (χ4v) is 7.80. The molecule has 1 fully saturated rings. The zero-order chi connectivity index (χ0) is 30.1. The third kappa shape index (κ3) is 5.96. The van der Waals surface area contributed by atoms with Crippen molar-refractivity contribution in [1.29, 1.82) is 0 Å². The molecule has 0 N–H and O–H groups in total. The molecule has 0 unspecified atom stereocenters. The third-order valence-electron chi connectivity index (χ3n) is 7.72. The molecule has 12 heteroatoms. The normalized spacial score (nSPS) is 17.3. The Kier molecular flexibility index (Phi) is 8.10. The van der Waals surface area contributed by atoms with E-state index in [9.17, 15) is 18.5 Å². The molecule has 10 nitrogen and oxygen atoms in total. The van der Waals surface area contributed by atoms with E-state index in [0.29, 0.717) is 36.8 Å². The van der Waals surface area contributed by atoms with Gasteiger partial charge in [-0.05, 0) is 86.7 Å². The Balaban J connectivity index is 1.44. The molecule has 2 heterocycles. The summed E-state index contributed by atoms with van der Waals surface area (Å²) < 4.78 is 34.7. The van der Waals surface area contributed by atoms with Crippen LogP contribution in [0.15, 0.2) is 81.0 Å². The number of nitrogens with zero attached hydrogens (tertiary/aromatic N) is 5. The lowest BCUT2D eigenvalue weighted by Gasteiger charge is -2.26. The Hall–Kier alpha value is -3.97. The second-order valence-corrected chi connectivity index (χ2v) is 13.4. The number of aromatic nitrogens is 1. The first-order chi connectivity index (χ1) is 20.7. The maximum absolute atomic E-state index is 13.1. The summed E-state index contributed by atoms with van der Waals surface area (Å²) in [5, 5.41) is 18.3. The number of nitro benzene ring substituents is 1. The number of rotatable bonds is 6. The maximum atomic E-state index is 13.1. The summed E-state index contributed by atoms with van der Waals surface area (Å²) in [7, 11) is -3.62. The zero-order valence-electron chi connectivity index (χ0n) is 23.9. The molecule has 1 aliphatic carbocycles. The van der Waals surface area contributed by atoms with Crippen molar-refractivity contribution in [3.63, 3.8) is 0 Å². The lowest BCUT2D eigenvalue weighted by Crippen LogP contribution is -2.40. The van der Waals surface area contributed by atoms with Crippen LogP contribution >= 0.6 is 11.3 Å². The van der Waals surface area contributed by atoms with Gasteiger partial charge in [0.05, 0.1) is 40.1 Å². The molecule has 1 saturated heterocycles. The third-order valence-corrected chi connectivity index (χ3v) is 10.4.